The van der Waals surface area contributed by atoms with E-state index in [4.69, 9.17) is 5.73 Å². The van der Waals surface area contributed by atoms with Gasteiger partial charge in [0.25, 0.3) is 0 Å². The number of rotatable bonds is 2. The Balaban J connectivity index is 1.99. The summed E-state index contributed by atoms with van der Waals surface area (Å²) in [7, 11) is 0. The molecule has 3 N–H and O–H groups in total. The van der Waals surface area contributed by atoms with Crippen LogP contribution in [0.4, 0.5) is 14.5 Å². The fraction of sp³-hybridized carbons (Fsp3) is 0. The van der Waals surface area contributed by atoms with Crippen molar-refractivity contribution in [1.29, 1.82) is 0 Å². The average Bonchev–Trinajstić information content (AvgIpc) is 2.92. The topological polar surface area (TPSA) is 54.7 Å². The van der Waals surface area contributed by atoms with Crippen LogP contribution in [-0.2, 0) is 0 Å². The normalized spacial score (nSPS) is 10.7. The maximum atomic E-state index is 13.2. The molecule has 0 fully saturated rings. The first-order valence-corrected chi connectivity index (χ1v) is 6.00. The molecule has 100 valence electrons. The number of aromatic nitrogens is 2. The standard InChI is InChI=1S/C15H11F2N3/c16-12-5-4-9(7-13(12)17)14-8-19-15(20-14)10-2-1-3-11(18)6-10/h1-8H,18H2,(H,19,20). The van der Waals surface area contributed by atoms with Gasteiger partial charge in [-0.3, -0.25) is 0 Å². The third kappa shape index (κ3) is 2.25. The molecule has 2 aromatic carbocycles. The third-order valence-electron chi connectivity index (χ3n) is 2.97. The molecule has 0 saturated carbocycles. The minimum atomic E-state index is -0.886. The number of nitrogen functional groups attached to an aromatic ring is 1. The molecule has 0 amide bonds. The molecule has 1 heterocycles. The molecule has 3 rings (SSSR count). The van der Waals surface area contributed by atoms with Gasteiger partial charge in [0.1, 0.15) is 5.82 Å². The number of benzene rings is 2. The summed E-state index contributed by atoms with van der Waals surface area (Å²) in [6.07, 6.45) is 1.57. The second-order valence-electron chi connectivity index (χ2n) is 4.40. The number of anilines is 1. The van der Waals surface area contributed by atoms with Crippen LogP contribution in [0.5, 0.6) is 0 Å². The van der Waals surface area contributed by atoms with E-state index in [9.17, 15) is 8.78 Å². The van der Waals surface area contributed by atoms with Gasteiger partial charge in [-0.15, -0.1) is 0 Å². The Hall–Kier alpha value is -2.69. The Labute approximate surface area is 114 Å². The Morgan fingerprint density at radius 3 is 2.55 bits per heavy atom. The summed E-state index contributed by atoms with van der Waals surface area (Å²) in [5.41, 5.74) is 8.33. The van der Waals surface area contributed by atoms with Crippen molar-refractivity contribution in [2.45, 2.75) is 0 Å². The number of nitrogens with two attached hydrogens (primary N) is 1. The van der Waals surface area contributed by atoms with Gasteiger partial charge in [-0.05, 0) is 30.3 Å². The SMILES string of the molecule is Nc1cccc(-c2ncc(-c3ccc(F)c(F)c3)[nH]2)c1. The lowest BCUT2D eigenvalue weighted by Gasteiger charge is -2.00. The maximum Gasteiger partial charge on any atom is 0.159 e. The van der Waals surface area contributed by atoms with Gasteiger partial charge in [0.05, 0.1) is 11.9 Å². The van der Waals surface area contributed by atoms with Gasteiger partial charge < -0.3 is 10.7 Å². The number of H-pyrrole nitrogens is 1. The van der Waals surface area contributed by atoms with Crippen molar-refractivity contribution in [2.75, 3.05) is 5.73 Å². The fourth-order valence-corrected chi connectivity index (χ4v) is 1.96. The number of nitrogens with zero attached hydrogens (tertiary/aromatic N) is 1. The Kier molecular flexibility index (Phi) is 2.95. The summed E-state index contributed by atoms with van der Waals surface area (Å²) >= 11 is 0. The number of imidazole rings is 1. The zero-order valence-electron chi connectivity index (χ0n) is 10.4. The van der Waals surface area contributed by atoms with Gasteiger partial charge in [0.15, 0.2) is 11.6 Å². The van der Waals surface area contributed by atoms with E-state index in [1.165, 1.54) is 6.07 Å². The summed E-state index contributed by atoms with van der Waals surface area (Å²) in [5, 5.41) is 0. The first kappa shape index (κ1) is 12.3. The minimum absolute atomic E-state index is 0.534. The van der Waals surface area contributed by atoms with Gasteiger partial charge in [-0.25, -0.2) is 13.8 Å². The molecule has 3 nitrogen and oxygen atoms in total. The lowest BCUT2D eigenvalue weighted by Crippen LogP contribution is -1.87. The molecule has 0 aliphatic rings. The minimum Gasteiger partial charge on any atom is -0.399 e. The third-order valence-corrected chi connectivity index (χ3v) is 2.97. The van der Waals surface area contributed by atoms with Crippen LogP contribution in [0.15, 0.2) is 48.7 Å². The van der Waals surface area contributed by atoms with Gasteiger partial charge in [-0.2, -0.15) is 0 Å². The van der Waals surface area contributed by atoms with Crippen molar-refractivity contribution in [3.63, 3.8) is 0 Å². The largest absolute Gasteiger partial charge is 0.399 e. The second-order valence-corrected chi connectivity index (χ2v) is 4.40. The fourth-order valence-electron chi connectivity index (χ4n) is 1.96. The summed E-state index contributed by atoms with van der Waals surface area (Å²) in [6.45, 7) is 0. The van der Waals surface area contributed by atoms with Crippen LogP contribution >= 0.6 is 0 Å². The van der Waals surface area contributed by atoms with Crippen LogP contribution in [0, 0.1) is 11.6 Å². The average molecular weight is 271 g/mol. The lowest BCUT2D eigenvalue weighted by atomic mass is 10.1. The molecule has 0 aliphatic carbocycles. The number of aromatic amines is 1. The van der Waals surface area contributed by atoms with E-state index in [-0.39, 0.29) is 0 Å². The highest BCUT2D eigenvalue weighted by Gasteiger charge is 2.08. The van der Waals surface area contributed by atoms with E-state index in [0.29, 0.717) is 22.8 Å². The van der Waals surface area contributed by atoms with Crippen LogP contribution < -0.4 is 5.73 Å². The van der Waals surface area contributed by atoms with E-state index in [2.05, 4.69) is 9.97 Å². The molecule has 3 aromatic rings. The van der Waals surface area contributed by atoms with Crippen LogP contribution in [0.3, 0.4) is 0 Å². The van der Waals surface area contributed by atoms with E-state index < -0.39 is 11.6 Å². The van der Waals surface area contributed by atoms with Gasteiger partial charge >= 0.3 is 0 Å². The van der Waals surface area contributed by atoms with E-state index >= 15 is 0 Å². The highest BCUT2D eigenvalue weighted by Crippen LogP contribution is 2.24. The monoisotopic (exact) mass is 271 g/mol. The van der Waals surface area contributed by atoms with Crippen molar-refractivity contribution < 1.29 is 8.78 Å². The van der Waals surface area contributed by atoms with Crippen molar-refractivity contribution in [3.8, 4) is 22.6 Å². The molecule has 0 radical (unpaired) electrons. The first-order chi connectivity index (χ1) is 9.63. The van der Waals surface area contributed by atoms with Crippen molar-refractivity contribution in [2.24, 2.45) is 0 Å². The maximum absolute atomic E-state index is 13.2. The van der Waals surface area contributed by atoms with E-state index in [0.717, 1.165) is 17.7 Å². The molecule has 5 heteroatoms. The Morgan fingerprint density at radius 1 is 0.950 bits per heavy atom. The van der Waals surface area contributed by atoms with Gasteiger partial charge in [-0.1, -0.05) is 12.1 Å². The number of hydrogen-bond donors (Lipinski definition) is 2. The molecule has 0 spiro atoms. The molecule has 0 saturated heterocycles. The molecule has 0 atom stereocenters. The summed E-state index contributed by atoms with van der Waals surface area (Å²) < 4.78 is 26.1. The molecule has 1 aromatic heterocycles. The summed E-state index contributed by atoms with van der Waals surface area (Å²) in [4.78, 5) is 7.29. The Bertz CT molecular complexity index is 765. The lowest BCUT2D eigenvalue weighted by molar-refractivity contribution is 0.509. The molecular formula is C15H11F2N3. The smallest absolute Gasteiger partial charge is 0.159 e. The number of halogens is 2. The molecule has 0 unspecified atom stereocenters. The molecule has 0 bridgehead atoms. The van der Waals surface area contributed by atoms with Crippen molar-refractivity contribution in [1.82, 2.24) is 9.97 Å². The van der Waals surface area contributed by atoms with Crippen LogP contribution in [0.1, 0.15) is 0 Å². The summed E-state index contributed by atoms with van der Waals surface area (Å²) in [6, 6.07) is 11.0. The molecular weight excluding hydrogens is 260 g/mol. The molecule has 20 heavy (non-hydrogen) atoms. The Morgan fingerprint density at radius 2 is 1.80 bits per heavy atom. The summed E-state index contributed by atoms with van der Waals surface area (Å²) in [5.74, 6) is -1.14. The van der Waals surface area contributed by atoms with Crippen LogP contribution in [0.25, 0.3) is 22.6 Å². The highest BCUT2D eigenvalue weighted by atomic mass is 19.2. The second kappa shape index (κ2) is 4.77. The van der Waals surface area contributed by atoms with Gasteiger partial charge in [0.2, 0.25) is 0 Å². The number of hydrogen-bond acceptors (Lipinski definition) is 2. The molecule has 0 aliphatic heterocycles. The zero-order chi connectivity index (χ0) is 14.1. The predicted molar refractivity (Wildman–Crippen MR) is 73.8 cm³/mol. The zero-order valence-corrected chi connectivity index (χ0v) is 10.4. The van der Waals surface area contributed by atoms with E-state index in [1.807, 2.05) is 12.1 Å². The van der Waals surface area contributed by atoms with Crippen LogP contribution in [-0.4, -0.2) is 9.97 Å². The first-order valence-electron chi connectivity index (χ1n) is 6.00. The highest BCUT2D eigenvalue weighted by molar-refractivity contribution is 5.66. The van der Waals surface area contributed by atoms with Crippen molar-refractivity contribution >= 4 is 5.69 Å². The predicted octanol–water partition coefficient (Wildman–Crippen LogP) is 3.60. The quantitative estimate of drug-likeness (QED) is 0.700. The van der Waals surface area contributed by atoms with Gasteiger partial charge in [0, 0.05) is 16.8 Å². The number of nitrogens with one attached hydrogen (secondary N) is 1. The van der Waals surface area contributed by atoms with E-state index in [1.54, 1.807) is 18.3 Å². The van der Waals surface area contributed by atoms with Crippen LogP contribution in [0.2, 0.25) is 0 Å². The van der Waals surface area contributed by atoms with Crippen molar-refractivity contribution in [3.05, 3.63) is 60.3 Å².